The number of amides is 2. The van der Waals surface area contributed by atoms with Gasteiger partial charge >= 0.3 is 0 Å². The van der Waals surface area contributed by atoms with E-state index in [1.807, 2.05) is 35.2 Å². The summed E-state index contributed by atoms with van der Waals surface area (Å²) in [5, 5.41) is 0.593. The zero-order chi connectivity index (χ0) is 19.5. The first-order valence-electron chi connectivity index (χ1n) is 9.38. The second-order valence-corrected chi connectivity index (χ2v) is 7.26. The van der Waals surface area contributed by atoms with Crippen LogP contribution < -0.4 is 0 Å². The molecule has 1 saturated heterocycles. The Morgan fingerprint density at radius 1 is 0.893 bits per heavy atom. The van der Waals surface area contributed by atoms with Crippen molar-refractivity contribution in [1.82, 2.24) is 9.80 Å². The van der Waals surface area contributed by atoms with Gasteiger partial charge in [-0.15, -0.1) is 0 Å². The average molecular weight is 397 g/mol. The molecule has 2 aromatic carbocycles. The van der Waals surface area contributed by atoms with Crippen LogP contribution in [0.15, 0.2) is 60.3 Å². The molecule has 6 heteroatoms. The Labute approximate surface area is 169 Å². The van der Waals surface area contributed by atoms with Crippen molar-refractivity contribution in [2.75, 3.05) is 32.8 Å². The summed E-state index contributed by atoms with van der Waals surface area (Å²) in [6.07, 6.45) is 0.628. The number of hydrogen-bond acceptors (Lipinski definition) is 4. The predicted octanol–water partition coefficient (Wildman–Crippen LogP) is 2.99. The molecular formula is C22H21ClN2O3. The number of benzene rings is 2. The molecule has 0 aromatic heterocycles. The number of morpholine rings is 1. The summed E-state index contributed by atoms with van der Waals surface area (Å²) in [5.41, 5.74) is 2.74. The van der Waals surface area contributed by atoms with Crippen LogP contribution in [-0.4, -0.2) is 54.5 Å². The zero-order valence-corrected chi connectivity index (χ0v) is 16.2. The van der Waals surface area contributed by atoms with E-state index in [1.165, 1.54) is 4.90 Å². The van der Waals surface area contributed by atoms with Crippen molar-refractivity contribution < 1.29 is 14.3 Å². The molecule has 2 aromatic rings. The highest BCUT2D eigenvalue weighted by Crippen LogP contribution is 2.32. The van der Waals surface area contributed by atoms with E-state index < -0.39 is 0 Å². The Bertz CT molecular complexity index is 903. The number of rotatable bonds is 5. The predicted molar refractivity (Wildman–Crippen MR) is 108 cm³/mol. The maximum absolute atomic E-state index is 13.2. The fraction of sp³-hybridized carbons (Fsp3) is 0.273. The molecule has 2 heterocycles. The van der Waals surface area contributed by atoms with Gasteiger partial charge < -0.3 is 9.64 Å². The molecule has 0 unspecified atom stereocenters. The molecule has 4 rings (SSSR count). The summed E-state index contributed by atoms with van der Waals surface area (Å²) in [6, 6.07) is 16.9. The van der Waals surface area contributed by atoms with E-state index >= 15 is 0 Å². The van der Waals surface area contributed by atoms with Crippen molar-refractivity contribution in [3.8, 4) is 0 Å². The Morgan fingerprint density at radius 2 is 1.57 bits per heavy atom. The molecule has 28 heavy (non-hydrogen) atoms. The number of carbonyl (C=O) groups is 2. The maximum Gasteiger partial charge on any atom is 0.277 e. The summed E-state index contributed by atoms with van der Waals surface area (Å²) in [7, 11) is 0. The molecule has 0 radical (unpaired) electrons. The second-order valence-electron chi connectivity index (χ2n) is 6.83. The average Bonchev–Trinajstić information content (AvgIpc) is 2.98. The minimum absolute atomic E-state index is 0.229. The lowest BCUT2D eigenvalue weighted by atomic mass is 10.0. The minimum Gasteiger partial charge on any atom is -0.378 e. The number of imide groups is 1. The smallest absolute Gasteiger partial charge is 0.277 e. The van der Waals surface area contributed by atoms with Crippen LogP contribution in [0.5, 0.6) is 0 Å². The van der Waals surface area contributed by atoms with Gasteiger partial charge in [0.2, 0.25) is 0 Å². The second kappa shape index (κ2) is 8.17. The Kier molecular flexibility index (Phi) is 5.46. The van der Waals surface area contributed by atoms with Crippen molar-refractivity contribution in [3.05, 3.63) is 76.4 Å². The molecule has 0 atom stereocenters. The van der Waals surface area contributed by atoms with Gasteiger partial charge in [-0.25, -0.2) is 0 Å². The van der Waals surface area contributed by atoms with Gasteiger partial charge in [-0.3, -0.25) is 14.5 Å². The van der Waals surface area contributed by atoms with E-state index in [2.05, 4.69) is 0 Å². The molecule has 0 bridgehead atoms. The molecule has 0 N–H and O–H groups in total. The summed E-state index contributed by atoms with van der Waals surface area (Å²) in [5.74, 6) is -0.475. The Balaban J connectivity index is 1.65. The van der Waals surface area contributed by atoms with E-state index in [4.69, 9.17) is 16.3 Å². The number of halogens is 1. The molecule has 0 spiro atoms. The highest BCUT2D eigenvalue weighted by Gasteiger charge is 2.41. The van der Waals surface area contributed by atoms with Crippen molar-refractivity contribution in [2.24, 2.45) is 0 Å². The van der Waals surface area contributed by atoms with Gasteiger partial charge in [-0.05, 0) is 29.7 Å². The standard InChI is InChI=1S/C22H21ClN2O3/c23-18-8-6-17(7-9-18)19-20(24-12-14-28-15-13-24)22(27)25(21(19)26)11-10-16-4-2-1-3-5-16/h1-9H,10-15H2. The summed E-state index contributed by atoms with van der Waals surface area (Å²) in [4.78, 5) is 29.8. The molecule has 2 aliphatic heterocycles. The van der Waals surface area contributed by atoms with Gasteiger partial charge in [0.25, 0.3) is 11.8 Å². The summed E-state index contributed by atoms with van der Waals surface area (Å²) < 4.78 is 5.42. The number of nitrogens with zero attached hydrogens (tertiary/aromatic N) is 2. The van der Waals surface area contributed by atoms with Gasteiger partial charge in [0, 0.05) is 24.7 Å². The van der Waals surface area contributed by atoms with E-state index in [9.17, 15) is 9.59 Å². The lowest BCUT2D eigenvalue weighted by Gasteiger charge is -2.29. The largest absolute Gasteiger partial charge is 0.378 e. The van der Waals surface area contributed by atoms with E-state index in [0.717, 1.165) is 5.56 Å². The first kappa shape index (κ1) is 18.7. The van der Waals surface area contributed by atoms with Gasteiger partial charge in [-0.1, -0.05) is 54.1 Å². The Hall–Kier alpha value is -2.63. The minimum atomic E-state index is -0.246. The molecule has 2 aliphatic rings. The first-order chi connectivity index (χ1) is 13.6. The van der Waals surface area contributed by atoms with Crippen molar-refractivity contribution in [1.29, 1.82) is 0 Å². The van der Waals surface area contributed by atoms with Gasteiger partial charge in [0.15, 0.2) is 0 Å². The van der Waals surface area contributed by atoms with E-state index in [1.54, 1.807) is 24.3 Å². The van der Waals surface area contributed by atoms with Crippen LogP contribution in [0.2, 0.25) is 5.02 Å². The molecular weight excluding hydrogens is 376 g/mol. The molecule has 144 valence electrons. The molecule has 5 nitrogen and oxygen atoms in total. The fourth-order valence-electron chi connectivity index (χ4n) is 3.61. The van der Waals surface area contributed by atoms with Gasteiger partial charge in [0.1, 0.15) is 5.70 Å². The van der Waals surface area contributed by atoms with Crippen molar-refractivity contribution >= 4 is 29.0 Å². The quantitative estimate of drug-likeness (QED) is 0.729. The lowest BCUT2D eigenvalue weighted by Crippen LogP contribution is -2.40. The van der Waals surface area contributed by atoms with Crippen LogP contribution in [0.1, 0.15) is 11.1 Å². The summed E-state index contributed by atoms with van der Waals surface area (Å²) in [6.45, 7) is 2.63. The van der Waals surface area contributed by atoms with E-state index in [0.29, 0.717) is 61.1 Å². The normalized spacial score (nSPS) is 17.6. The molecule has 0 aliphatic carbocycles. The third-order valence-corrected chi connectivity index (χ3v) is 5.32. The topological polar surface area (TPSA) is 49.9 Å². The fourth-order valence-corrected chi connectivity index (χ4v) is 3.73. The van der Waals surface area contributed by atoms with Crippen molar-refractivity contribution in [2.45, 2.75) is 6.42 Å². The monoisotopic (exact) mass is 396 g/mol. The highest BCUT2D eigenvalue weighted by molar-refractivity contribution is 6.36. The van der Waals surface area contributed by atoms with Crippen LogP contribution in [-0.2, 0) is 20.7 Å². The number of carbonyl (C=O) groups excluding carboxylic acids is 2. The number of ether oxygens (including phenoxy) is 1. The van der Waals surface area contributed by atoms with Gasteiger partial charge in [0.05, 0.1) is 18.8 Å². The van der Waals surface area contributed by atoms with Crippen LogP contribution in [0.3, 0.4) is 0 Å². The first-order valence-corrected chi connectivity index (χ1v) is 9.76. The molecule has 0 saturated carbocycles. The third kappa shape index (κ3) is 3.68. The molecule has 1 fully saturated rings. The van der Waals surface area contributed by atoms with Crippen LogP contribution >= 0.6 is 11.6 Å². The lowest BCUT2D eigenvalue weighted by molar-refractivity contribution is -0.137. The number of hydrogen-bond donors (Lipinski definition) is 0. The maximum atomic E-state index is 13.2. The van der Waals surface area contributed by atoms with Crippen LogP contribution in [0.25, 0.3) is 5.57 Å². The van der Waals surface area contributed by atoms with Crippen LogP contribution in [0, 0.1) is 0 Å². The Morgan fingerprint density at radius 3 is 2.25 bits per heavy atom. The van der Waals surface area contributed by atoms with Crippen LogP contribution in [0.4, 0.5) is 0 Å². The zero-order valence-electron chi connectivity index (χ0n) is 15.4. The SMILES string of the molecule is O=C1C(c2ccc(Cl)cc2)=C(N2CCOCC2)C(=O)N1CCc1ccccc1. The summed E-state index contributed by atoms with van der Waals surface area (Å²) >= 11 is 6.01. The highest BCUT2D eigenvalue weighted by atomic mass is 35.5. The van der Waals surface area contributed by atoms with Crippen molar-refractivity contribution in [3.63, 3.8) is 0 Å². The van der Waals surface area contributed by atoms with Gasteiger partial charge in [-0.2, -0.15) is 0 Å². The van der Waals surface area contributed by atoms with E-state index in [-0.39, 0.29) is 11.8 Å². The molecule has 2 amide bonds. The third-order valence-electron chi connectivity index (χ3n) is 5.07.